The van der Waals surface area contributed by atoms with Crippen molar-refractivity contribution in [1.82, 2.24) is 23.6 Å². The number of rotatable bonds is 4. The summed E-state index contributed by atoms with van der Waals surface area (Å²) in [4.78, 5) is 44.9. The third-order valence-corrected chi connectivity index (χ3v) is 5.95. The van der Waals surface area contributed by atoms with E-state index in [1.54, 1.807) is 15.5 Å². The summed E-state index contributed by atoms with van der Waals surface area (Å²) >= 11 is 0. The molecule has 3 aromatic rings. The number of hydrogen-bond donors (Lipinski definition) is 0. The topological polar surface area (TPSA) is 85.4 Å². The maximum atomic E-state index is 13.0. The third-order valence-electron chi connectivity index (χ3n) is 5.95. The van der Waals surface area contributed by atoms with Gasteiger partial charge in [-0.15, -0.1) is 0 Å². The minimum absolute atomic E-state index is 0.123. The van der Waals surface area contributed by atoms with Crippen LogP contribution in [0.4, 0.5) is 18.9 Å². The summed E-state index contributed by atoms with van der Waals surface area (Å²) in [5.74, 6) is -0.123. The summed E-state index contributed by atoms with van der Waals surface area (Å²) in [6.45, 7) is 1.83. The summed E-state index contributed by atoms with van der Waals surface area (Å²) in [7, 11) is 2.91. The predicted molar refractivity (Wildman–Crippen MR) is 115 cm³/mol. The third kappa shape index (κ3) is 4.24. The number of alkyl halides is 3. The molecule has 0 radical (unpaired) electrons. The van der Waals surface area contributed by atoms with Gasteiger partial charge in [-0.2, -0.15) is 13.2 Å². The number of carbonyl (C=O) groups is 1. The van der Waals surface area contributed by atoms with Gasteiger partial charge in [-0.25, -0.2) is 9.78 Å². The first kappa shape index (κ1) is 22.6. The highest BCUT2D eigenvalue weighted by Crippen LogP contribution is 2.31. The van der Waals surface area contributed by atoms with E-state index in [4.69, 9.17) is 0 Å². The SMILES string of the molecule is Cn1c(=O)c2c(ncn2CCC(=O)N2CCN(c3cccc(C(F)(F)F)c3)CC2)n(C)c1=O. The van der Waals surface area contributed by atoms with E-state index >= 15 is 0 Å². The first-order valence-electron chi connectivity index (χ1n) is 10.4. The molecule has 1 fully saturated rings. The van der Waals surface area contributed by atoms with Crippen molar-refractivity contribution in [2.45, 2.75) is 19.1 Å². The Labute approximate surface area is 186 Å². The number of benzene rings is 1. The Morgan fingerprint density at radius 2 is 1.76 bits per heavy atom. The number of anilines is 1. The Balaban J connectivity index is 1.40. The largest absolute Gasteiger partial charge is 0.416 e. The predicted octanol–water partition coefficient (Wildman–Crippen LogP) is 1.19. The van der Waals surface area contributed by atoms with Crippen molar-refractivity contribution in [3.8, 4) is 0 Å². The van der Waals surface area contributed by atoms with Crippen molar-refractivity contribution in [3.63, 3.8) is 0 Å². The molecule has 9 nitrogen and oxygen atoms in total. The first-order valence-corrected chi connectivity index (χ1v) is 10.4. The number of amides is 1. The van der Waals surface area contributed by atoms with Crippen LogP contribution < -0.4 is 16.1 Å². The maximum absolute atomic E-state index is 13.0. The van der Waals surface area contributed by atoms with E-state index in [-0.39, 0.29) is 30.0 Å². The lowest BCUT2D eigenvalue weighted by Crippen LogP contribution is -2.49. The molecular formula is C21H23F3N6O3. The van der Waals surface area contributed by atoms with Gasteiger partial charge in [-0.05, 0) is 18.2 Å². The summed E-state index contributed by atoms with van der Waals surface area (Å²) < 4.78 is 42.8. The zero-order chi connectivity index (χ0) is 23.9. The highest BCUT2D eigenvalue weighted by Gasteiger charge is 2.31. The molecule has 3 heterocycles. The van der Waals surface area contributed by atoms with Crippen LogP contribution >= 0.6 is 0 Å². The average molecular weight is 464 g/mol. The van der Waals surface area contributed by atoms with Crippen LogP contribution in [0.25, 0.3) is 11.2 Å². The number of imidazole rings is 1. The molecule has 0 bridgehead atoms. The minimum Gasteiger partial charge on any atom is -0.368 e. The molecule has 1 saturated heterocycles. The molecule has 1 aromatic carbocycles. The van der Waals surface area contributed by atoms with Gasteiger partial charge in [0.05, 0.1) is 11.9 Å². The highest BCUT2D eigenvalue weighted by molar-refractivity contribution is 5.77. The van der Waals surface area contributed by atoms with Crippen LogP contribution in [0.2, 0.25) is 0 Å². The van der Waals surface area contributed by atoms with Crippen LogP contribution in [0, 0.1) is 0 Å². The van der Waals surface area contributed by atoms with Gasteiger partial charge in [0.2, 0.25) is 5.91 Å². The van der Waals surface area contributed by atoms with E-state index < -0.39 is 23.0 Å². The molecule has 0 atom stereocenters. The number of aryl methyl sites for hydroxylation is 2. The zero-order valence-corrected chi connectivity index (χ0v) is 18.2. The van der Waals surface area contributed by atoms with E-state index in [0.29, 0.717) is 31.9 Å². The molecular weight excluding hydrogens is 441 g/mol. The second-order valence-corrected chi connectivity index (χ2v) is 7.98. The van der Waals surface area contributed by atoms with Crippen LogP contribution in [-0.4, -0.2) is 55.7 Å². The normalized spacial score (nSPS) is 14.8. The number of fused-ring (bicyclic) bond motifs is 1. The van der Waals surface area contributed by atoms with Crippen LogP contribution in [0.1, 0.15) is 12.0 Å². The standard InChI is InChI=1S/C21H23F3N6O3/c1-26-18-17(19(32)27(2)20(26)33)30(13-25-18)7-6-16(31)29-10-8-28(9-11-29)15-5-3-4-14(12-15)21(22,23)24/h3-5,12-13H,6-11H2,1-2H3. The van der Waals surface area contributed by atoms with E-state index in [9.17, 15) is 27.6 Å². The molecule has 12 heteroatoms. The molecule has 2 aromatic heterocycles. The zero-order valence-electron chi connectivity index (χ0n) is 18.2. The summed E-state index contributed by atoms with van der Waals surface area (Å²) in [6.07, 6.45) is -2.84. The number of piperazine rings is 1. The molecule has 1 aliphatic heterocycles. The monoisotopic (exact) mass is 464 g/mol. The molecule has 0 spiro atoms. The van der Waals surface area contributed by atoms with Gasteiger partial charge < -0.3 is 14.4 Å². The summed E-state index contributed by atoms with van der Waals surface area (Å²) in [5, 5.41) is 0. The second kappa shape index (κ2) is 8.41. The molecule has 176 valence electrons. The molecule has 4 rings (SSSR count). The van der Waals surface area contributed by atoms with Crippen LogP contribution in [0.3, 0.4) is 0 Å². The highest BCUT2D eigenvalue weighted by atomic mass is 19.4. The van der Waals surface area contributed by atoms with E-state index in [2.05, 4.69) is 4.98 Å². The van der Waals surface area contributed by atoms with Crippen molar-refractivity contribution in [2.24, 2.45) is 14.1 Å². The van der Waals surface area contributed by atoms with Gasteiger partial charge in [-0.3, -0.25) is 18.7 Å². The van der Waals surface area contributed by atoms with E-state index in [0.717, 1.165) is 16.7 Å². The quantitative estimate of drug-likeness (QED) is 0.579. The molecule has 0 N–H and O–H groups in total. The fraction of sp³-hybridized carbons (Fsp3) is 0.429. The Morgan fingerprint density at radius 3 is 2.42 bits per heavy atom. The van der Waals surface area contributed by atoms with Crippen molar-refractivity contribution >= 4 is 22.8 Å². The van der Waals surface area contributed by atoms with Crippen molar-refractivity contribution in [1.29, 1.82) is 0 Å². The van der Waals surface area contributed by atoms with Gasteiger partial charge >= 0.3 is 11.9 Å². The van der Waals surface area contributed by atoms with Crippen molar-refractivity contribution < 1.29 is 18.0 Å². The number of nitrogens with zero attached hydrogens (tertiary/aromatic N) is 6. The number of carbonyl (C=O) groups excluding carboxylic acids is 1. The van der Waals surface area contributed by atoms with Crippen LogP contribution in [-0.2, 0) is 31.6 Å². The molecule has 1 aliphatic rings. The molecule has 0 aliphatic carbocycles. The van der Waals surface area contributed by atoms with Gasteiger partial charge in [0.1, 0.15) is 0 Å². The van der Waals surface area contributed by atoms with Gasteiger partial charge in [0, 0.05) is 58.9 Å². The lowest BCUT2D eigenvalue weighted by molar-refractivity contribution is -0.137. The first-order chi connectivity index (χ1) is 15.6. The summed E-state index contributed by atoms with van der Waals surface area (Å²) in [5.41, 5.74) is -0.676. The molecule has 1 amide bonds. The second-order valence-electron chi connectivity index (χ2n) is 7.98. The van der Waals surface area contributed by atoms with Crippen molar-refractivity contribution in [3.05, 3.63) is 57.0 Å². The van der Waals surface area contributed by atoms with Gasteiger partial charge in [0.15, 0.2) is 11.2 Å². The molecule has 33 heavy (non-hydrogen) atoms. The summed E-state index contributed by atoms with van der Waals surface area (Å²) in [6, 6.07) is 5.17. The van der Waals surface area contributed by atoms with Gasteiger partial charge in [-0.1, -0.05) is 6.07 Å². The van der Waals surface area contributed by atoms with Gasteiger partial charge in [0.25, 0.3) is 5.56 Å². The number of hydrogen-bond acceptors (Lipinski definition) is 5. The minimum atomic E-state index is -4.40. The van der Waals surface area contributed by atoms with Crippen LogP contribution in [0.15, 0.2) is 40.2 Å². The fourth-order valence-corrected chi connectivity index (χ4v) is 4.03. The lowest BCUT2D eigenvalue weighted by Gasteiger charge is -2.36. The van der Waals surface area contributed by atoms with E-state index in [1.807, 2.05) is 4.90 Å². The maximum Gasteiger partial charge on any atom is 0.416 e. The molecule has 0 saturated carbocycles. The number of aromatic nitrogens is 4. The Hall–Kier alpha value is -3.57. The van der Waals surface area contributed by atoms with Crippen molar-refractivity contribution in [2.75, 3.05) is 31.1 Å². The molecule has 0 unspecified atom stereocenters. The van der Waals surface area contributed by atoms with E-state index in [1.165, 1.54) is 31.1 Å². The fourth-order valence-electron chi connectivity index (χ4n) is 4.03. The average Bonchev–Trinajstić information content (AvgIpc) is 3.23. The lowest BCUT2D eigenvalue weighted by atomic mass is 10.1. The Morgan fingerprint density at radius 1 is 1.06 bits per heavy atom. The Kier molecular flexibility index (Phi) is 5.76. The Bertz CT molecular complexity index is 1320. The smallest absolute Gasteiger partial charge is 0.368 e. The van der Waals surface area contributed by atoms with Crippen LogP contribution in [0.5, 0.6) is 0 Å². The number of halogens is 3.